The third-order valence-electron chi connectivity index (χ3n) is 3.45. The lowest BCUT2D eigenvalue weighted by Crippen LogP contribution is -2.58. The maximum absolute atomic E-state index is 11.9. The van der Waals surface area contributed by atoms with Crippen LogP contribution in [0.3, 0.4) is 0 Å². The van der Waals surface area contributed by atoms with E-state index in [-0.39, 0.29) is 30.4 Å². The number of hydrogen-bond donors (Lipinski definition) is 2. The number of anilines is 1. The zero-order valence-corrected chi connectivity index (χ0v) is 12.3. The van der Waals surface area contributed by atoms with Gasteiger partial charge in [0.25, 0.3) is 0 Å². The fourth-order valence-electron chi connectivity index (χ4n) is 2.36. The zero-order valence-electron chi connectivity index (χ0n) is 11.5. The molecule has 5 nitrogen and oxygen atoms in total. The SMILES string of the molecule is CCC1C(=O)NC(=O)CN1c1ccc([C@@H](C)N)cc1Cl. The molecule has 1 aromatic rings. The summed E-state index contributed by atoms with van der Waals surface area (Å²) in [7, 11) is 0. The van der Waals surface area contributed by atoms with Crippen LogP contribution in [-0.4, -0.2) is 24.4 Å². The Bertz CT molecular complexity index is 545. The molecule has 0 spiro atoms. The molecule has 1 heterocycles. The first-order chi connectivity index (χ1) is 9.43. The number of halogens is 1. The Morgan fingerprint density at radius 1 is 1.50 bits per heavy atom. The van der Waals surface area contributed by atoms with E-state index < -0.39 is 0 Å². The predicted molar refractivity (Wildman–Crippen MR) is 78.6 cm³/mol. The first-order valence-corrected chi connectivity index (χ1v) is 6.97. The molecule has 1 aliphatic heterocycles. The van der Waals surface area contributed by atoms with Crippen molar-refractivity contribution in [1.82, 2.24) is 5.32 Å². The highest BCUT2D eigenvalue weighted by molar-refractivity contribution is 6.33. The second-order valence-corrected chi connectivity index (χ2v) is 5.37. The number of hydrogen-bond acceptors (Lipinski definition) is 4. The molecule has 20 heavy (non-hydrogen) atoms. The van der Waals surface area contributed by atoms with Crippen LogP contribution < -0.4 is 16.0 Å². The van der Waals surface area contributed by atoms with Gasteiger partial charge in [-0.1, -0.05) is 24.6 Å². The van der Waals surface area contributed by atoms with Crippen molar-refractivity contribution in [3.63, 3.8) is 0 Å². The van der Waals surface area contributed by atoms with Crippen molar-refractivity contribution in [2.75, 3.05) is 11.4 Å². The van der Waals surface area contributed by atoms with Gasteiger partial charge in [0.05, 0.1) is 17.3 Å². The molecule has 1 aliphatic rings. The van der Waals surface area contributed by atoms with Crippen LogP contribution in [0.2, 0.25) is 5.02 Å². The van der Waals surface area contributed by atoms with E-state index in [9.17, 15) is 9.59 Å². The van der Waals surface area contributed by atoms with Crippen LogP contribution in [0.4, 0.5) is 5.69 Å². The molecule has 0 saturated carbocycles. The van der Waals surface area contributed by atoms with Crippen molar-refractivity contribution in [3.05, 3.63) is 28.8 Å². The summed E-state index contributed by atoms with van der Waals surface area (Å²) in [6, 6.07) is 4.97. The van der Waals surface area contributed by atoms with Gasteiger partial charge < -0.3 is 10.6 Å². The maximum atomic E-state index is 11.9. The van der Waals surface area contributed by atoms with Crippen LogP contribution in [0.15, 0.2) is 18.2 Å². The topological polar surface area (TPSA) is 75.4 Å². The Labute approximate surface area is 123 Å². The van der Waals surface area contributed by atoms with Gasteiger partial charge >= 0.3 is 0 Å². The highest BCUT2D eigenvalue weighted by atomic mass is 35.5. The minimum Gasteiger partial charge on any atom is -0.349 e. The Kier molecular flexibility index (Phi) is 4.30. The summed E-state index contributed by atoms with van der Waals surface area (Å²) in [4.78, 5) is 25.2. The normalized spacial score (nSPS) is 20.8. The van der Waals surface area contributed by atoms with Gasteiger partial charge in [0.2, 0.25) is 11.8 Å². The largest absolute Gasteiger partial charge is 0.349 e. The lowest BCUT2D eigenvalue weighted by molar-refractivity contribution is -0.132. The van der Waals surface area contributed by atoms with Crippen LogP contribution in [0.25, 0.3) is 0 Å². The first kappa shape index (κ1) is 14.8. The molecular weight excluding hydrogens is 278 g/mol. The fourth-order valence-corrected chi connectivity index (χ4v) is 2.66. The van der Waals surface area contributed by atoms with E-state index >= 15 is 0 Å². The molecule has 1 unspecified atom stereocenters. The van der Waals surface area contributed by atoms with E-state index in [1.165, 1.54) is 0 Å². The lowest BCUT2D eigenvalue weighted by Gasteiger charge is -2.35. The van der Waals surface area contributed by atoms with E-state index in [1.54, 1.807) is 11.0 Å². The molecule has 2 rings (SSSR count). The number of carbonyl (C=O) groups excluding carboxylic acids is 2. The molecule has 1 fully saturated rings. The third-order valence-corrected chi connectivity index (χ3v) is 3.75. The predicted octanol–water partition coefficient (Wildman–Crippen LogP) is 1.60. The molecule has 1 saturated heterocycles. The number of nitrogens with zero attached hydrogens (tertiary/aromatic N) is 1. The smallest absolute Gasteiger partial charge is 0.249 e. The Hall–Kier alpha value is -1.59. The van der Waals surface area contributed by atoms with Gasteiger partial charge in [-0.15, -0.1) is 0 Å². The number of nitrogens with two attached hydrogens (primary N) is 1. The van der Waals surface area contributed by atoms with Gasteiger partial charge in [0, 0.05) is 6.04 Å². The van der Waals surface area contributed by atoms with Crippen molar-refractivity contribution < 1.29 is 9.59 Å². The van der Waals surface area contributed by atoms with Crippen LogP contribution in [0.5, 0.6) is 0 Å². The van der Waals surface area contributed by atoms with Crippen LogP contribution in [-0.2, 0) is 9.59 Å². The molecule has 3 N–H and O–H groups in total. The molecule has 0 bridgehead atoms. The third kappa shape index (κ3) is 2.78. The first-order valence-electron chi connectivity index (χ1n) is 6.59. The summed E-state index contributed by atoms with van der Waals surface area (Å²) in [5.41, 5.74) is 7.42. The molecule has 2 amide bonds. The standard InChI is InChI=1S/C14H18ClN3O2/c1-3-11-14(20)17-13(19)7-18(11)12-5-4-9(8(2)16)6-10(12)15/h4-6,8,11H,3,7,16H2,1-2H3,(H,17,19,20)/t8-,11?/m1/s1. The van der Waals surface area contributed by atoms with Gasteiger partial charge in [-0.2, -0.15) is 0 Å². The highest BCUT2D eigenvalue weighted by Gasteiger charge is 2.33. The van der Waals surface area contributed by atoms with Gasteiger partial charge in [-0.25, -0.2) is 0 Å². The van der Waals surface area contributed by atoms with Gasteiger partial charge in [0.1, 0.15) is 6.04 Å². The second-order valence-electron chi connectivity index (χ2n) is 4.96. The summed E-state index contributed by atoms with van der Waals surface area (Å²) >= 11 is 6.28. The average molecular weight is 296 g/mol. The van der Waals surface area contributed by atoms with Gasteiger partial charge in [0.15, 0.2) is 0 Å². The molecule has 0 aromatic heterocycles. The van der Waals surface area contributed by atoms with Crippen molar-refractivity contribution in [2.24, 2.45) is 5.73 Å². The quantitative estimate of drug-likeness (QED) is 0.831. The van der Waals surface area contributed by atoms with Crippen molar-refractivity contribution in [3.8, 4) is 0 Å². The Morgan fingerprint density at radius 3 is 2.75 bits per heavy atom. The number of amides is 2. The van der Waals surface area contributed by atoms with Gasteiger partial charge in [-0.05, 0) is 31.0 Å². The summed E-state index contributed by atoms with van der Waals surface area (Å²) in [5, 5.41) is 2.85. The number of rotatable bonds is 3. The summed E-state index contributed by atoms with van der Waals surface area (Å²) in [5.74, 6) is -0.594. The Morgan fingerprint density at radius 2 is 2.20 bits per heavy atom. The fraction of sp³-hybridized carbons (Fsp3) is 0.429. The van der Waals surface area contributed by atoms with E-state index in [1.807, 2.05) is 26.0 Å². The summed E-state index contributed by atoms with van der Waals surface area (Å²) in [6.07, 6.45) is 0.602. The number of nitrogens with one attached hydrogen (secondary N) is 1. The molecule has 0 aliphatic carbocycles. The number of carbonyl (C=O) groups is 2. The number of piperazine rings is 1. The van der Waals surface area contributed by atoms with Crippen molar-refractivity contribution in [2.45, 2.75) is 32.4 Å². The molecule has 108 valence electrons. The van der Waals surface area contributed by atoms with Crippen molar-refractivity contribution in [1.29, 1.82) is 0 Å². The van der Waals surface area contributed by atoms with E-state index in [4.69, 9.17) is 17.3 Å². The molecule has 0 radical (unpaired) electrons. The van der Waals surface area contributed by atoms with Crippen LogP contribution in [0.1, 0.15) is 31.9 Å². The lowest BCUT2D eigenvalue weighted by atomic mass is 10.1. The minimum absolute atomic E-state index is 0.116. The highest BCUT2D eigenvalue weighted by Crippen LogP contribution is 2.31. The maximum Gasteiger partial charge on any atom is 0.249 e. The minimum atomic E-state index is -0.383. The van der Waals surface area contributed by atoms with Crippen LogP contribution in [0, 0.1) is 0 Å². The molecule has 6 heteroatoms. The van der Waals surface area contributed by atoms with E-state index in [0.717, 1.165) is 5.56 Å². The van der Waals surface area contributed by atoms with Crippen molar-refractivity contribution >= 4 is 29.1 Å². The van der Waals surface area contributed by atoms with Gasteiger partial charge in [-0.3, -0.25) is 14.9 Å². The van der Waals surface area contributed by atoms with E-state index in [2.05, 4.69) is 5.32 Å². The molecule has 1 aromatic carbocycles. The Balaban J connectivity index is 2.38. The zero-order chi connectivity index (χ0) is 14.9. The average Bonchev–Trinajstić information content (AvgIpc) is 2.37. The van der Waals surface area contributed by atoms with Crippen LogP contribution >= 0.6 is 11.6 Å². The molecular formula is C14H18ClN3O2. The molecule has 2 atom stereocenters. The number of imide groups is 1. The van der Waals surface area contributed by atoms with E-state index in [0.29, 0.717) is 17.1 Å². The number of benzene rings is 1. The second kappa shape index (κ2) is 5.81. The summed E-state index contributed by atoms with van der Waals surface area (Å²) < 4.78 is 0. The summed E-state index contributed by atoms with van der Waals surface area (Å²) in [6.45, 7) is 3.90. The monoisotopic (exact) mass is 295 g/mol.